The Balaban J connectivity index is 1.85. The third-order valence-corrected chi connectivity index (χ3v) is 3.92. The Morgan fingerprint density at radius 3 is 2.65 bits per heavy atom. The van der Waals surface area contributed by atoms with Crippen molar-refractivity contribution < 1.29 is 4.79 Å². The van der Waals surface area contributed by atoms with Gasteiger partial charge in [-0.3, -0.25) is 4.79 Å². The van der Waals surface area contributed by atoms with E-state index in [2.05, 4.69) is 20.8 Å². The number of halogens is 2. The number of hydrogen-bond donors (Lipinski definition) is 1. The molecule has 1 heterocycles. The fourth-order valence-electron chi connectivity index (χ4n) is 2.05. The van der Waals surface area contributed by atoms with Gasteiger partial charge in [0.2, 0.25) is 0 Å². The normalized spacial score (nSPS) is 10.6. The summed E-state index contributed by atoms with van der Waals surface area (Å²) in [7, 11) is 1.73. The van der Waals surface area contributed by atoms with Crippen LogP contribution in [0.3, 0.4) is 0 Å². The van der Waals surface area contributed by atoms with Gasteiger partial charge >= 0.3 is 0 Å². The second-order valence-corrected chi connectivity index (χ2v) is 5.60. The van der Waals surface area contributed by atoms with Crippen LogP contribution in [0.4, 0.5) is 5.69 Å². The molecule has 23 heavy (non-hydrogen) atoms. The Morgan fingerprint density at radius 2 is 1.96 bits per heavy atom. The monoisotopic (exact) mass is 347 g/mol. The summed E-state index contributed by atoms with van der Waals surface area (Å²) < 4.78 is 1.54. The number of nitrogens with one attached hydrogen (secondary N) is 1. The molecule has 116 valence electrons. The van der Waals surface area contributed by atoms with Crippen LogP contribution in [0.2, 0.25) is 10.0 Å². The fraction of sp³-hybridized carbons (Fsp3) is 0.0667. The van der Waals surface area contributed by atoms with Gasteiger partial charge in [-0.05, 0) is 40.8 Å². The first-order chi connectivity index (χ1) is 11.0. The lowest BCUT2D eigenvalue weighted by Crippen LogP contribution is -2.12. The molecule has 0 spiro atoms. The second-order valence-electron chi connectivity index (χ2n) is 4.79. The Kier molecular flexibility index (Phi) is 4.27. The number of amides is 1. The molecule has 0 aliphatic heterocycles. The van der Waals surface area contributed by atoms with Crippen LogP contribution in [-0.2, 0) is 7.05 Å². The van der Waals surface area contributed by atoms with Crippen LogP contribution >= 0.6 is 23.2 Å². The Labute approximate surface area is 142 Å². The first-order valence-electron chi connectivity index (χ1n) is 6.64. The number of aryl methyl sites for hydroxylation is 1. The van der Waals surface area contributed by atoms with Gasteiger partial charge < -0.3 is 5.32 Å². The molecule has 0 fully saturated rings. The van der Waals surface area contributed by atoms with Crippen molar-refractivity contribution in [3.05, 3.63) is 58.1 Å². The Morgan fingerprint density at radius 1 is 1.13 bits per heavy atom. The van der Waals surface area contributed by atoms with Crippen molar-refractivity contribution in [3.8, 4) is 11.4 Å². The number of carbonyl (C=O) groups is 1. The van der Waals surface area contributed by atoms with E-state index < -0.39 is 0 Å². The van der Waals surface area contributed by atoms with Crippen LogP contribution in [0, 0.1) is 0 Å². The minimum absolute atomic E-state index is 0.264. The number of benzene rings is 2. The number of anilines is 1. The van der Waals surface area contributed by atoms with E-state index in [-0.39, 0.29) is 5.91 Å². The van der Waals surface area contributed by atoms with Gasteiger partial charge in [0.05, 0.1) is 10.0 Å². The summed E-state index contributed by atoms with van der Waals surface area (Å²) in [6.45, 7) is 0. The van der Waals surface area contributed by atoms with Crippen molar-refractivity contribution in [2.45, 2.75) is 0 Å². The molecule has 2 aromatic carbocycles. The molecule has 6 nitrogen and oxygen atoms in total. The van der Waals surface area contributed by atoms with E-state index in [0.29, 0.717) is 27.1 Å². The van der Waals surface area contributed by atoms with Crippen LogP contribution in [0.1, 0.15) is 10.4 Å². The van der Waals surface area contributed by atoms with Crippen LogP contribution in [0.15, 0.2) is 42.5 Å². The van der Waals surface area contributed by atoms with Crippen LogP contribution < -0.4 is 5.32 Å². The molecule has 0 aliphatic carbocycles. The van der Waals surface area contributed by atoms with E-state index in [1.807, 2.05) is 6.07 Å². The van der Waals surface area contributed by atoms with Crippen molar-refractivity contribution in [1.29, 1.82) is 0 Å². The number of hydrogen-bond acceptors (Lipinski definition) is 4. The molecular weight excluding hydrogens is 337 g/mol. The van der Waals surface area contributed by atoms with Crippen molar-refractivity contribution in [1.82, 2.24) is 20.2 Å². The largest absolute Gasteiger partial charge is 0.322 e. The van der Waals surface area contributed by atoms with Crippen LogP contribution in [0.5, 0.6) is 0 Å². The maximum atomic E-state index is 12.4. The Hall–Kier alpha value is -2.44. The molecule has 1 aromatic heterocycles. The third-order valence-electron chi connectivity index (χ3n) is 3.18. The molecule has 3 rings (SSSR count). The lowest BCUT2D eigenvalue weighted by Gasteiger charge is -2.07. The van der Waals surface area contributed by atoms with Gasteiger partial charge in [0.1, 0.15) is 0 Å². The summed E-state index contributed by atoms with van der Waals surface area (Å²) in [4.78, 5) is 12.4. The minimum Gasteiger partial charge on any atom is -0.322 e. The first kappa shape index (κ1) is 15.5. The topological polar surface area (TPSA) is 72.7 Å². The summed E-state index contributed by atoms with van der Waals surface area (Å²) in [5.41, 5.74) is 1.80. The quantitative estimate of drug-likeness (QED) is 0.787. The SMILES string of the molecule is Cn1nnnc1-c1cccc(C(=O)Nc2ccc(Cl)c(Cl)c2)c1. The third kappa shape index (κ3) is 3.33. The van der Waals surface area contributed by atoms with Crippen LogP contribution in [0.25, 0.3) is 11.4 Å². The standard InChI is InChI=1S/C15H11Cl2N5O/c1-22-14(19-20-21-22)9-3-2-4-10(7-9)15(23)18-11-5-6-12(16)13(17)8-11/h2-8H,1H3,(H,18,23). The van der Waals surface area contributed by atoms with Gasteiger partial charge in [-0.2, -0.15) is 0 Å². The van der Waals surface area contributed by atoms with E-state index in [0.717, 1.165) is 5.56 Å². The highest BCUT2D eigenvalue weighted by molar-refractivity contribution is 6.42. The highest BCUT2D eigenvalue weighted by Crippen LogP contribution is 2.25. The molecule has 0 atom stereocenters. The fourth-order valence-corrected chi connectivity index (χ4v) is 2.35. The highest BCUT2D eigenvalue weighted by Gasteiger charge is 2.11. The van der Waals surface area contributed by atoms with Gasteiger partial charge in [-0.25, -0.2) is 4.68 Å². The maximum absolute atomic E-state index is 12.4. The Bertz CT molecular complexity index is 878. The van der Waals surface area contributed by atoms with Crippen LogP contribution in [-0.4, -0.2) is 26.1 Å². The number of tetrazole rings is 1. The van der Waals surface area contributed by atoms with E-state index in [1.54, 1.807) is 43.4 Å². The zero-order chi connectivity index (χ0) is 16.4. The summed E-state index contributed by atoms with van der Waals surface area (Å²) in [5.74, 6) is 0.314. The number of aromatic nitrogens is 4. The number of rotatable bonds is 3. The summed E-state index contributed by atoms with van der Waals surface area (Å²) in [6.07, 6.45) is 0. The van der Waals surface area contributed by atoms with E-state index in [9.17, 15) is 4.79 Å². The van der Waals surface area contributed by atoms with E-state index in [4.69, 9.17) is 23.2 Å². The molecule has 0 saturated heterocycles. The minimum atomic E-state index is -0.264. The van der Waals surface area contributed by atoms with Crippen molar-refractivity contribution in [3.63, 3.8) is 0 Å². The van der Waals surface area contributed by atoms with E-state index in [1.165, 1.54) is 4.68 Å². The molecule has 1 N–H and O–H groups in total. The molecule has 0 aliphatic rings. The van der Waals surface area contributed by atoms with Crippen molar-refractivity contribution in [2.75, 3.05) is 5.32 Å². The van der Waals surface area contributed by atoms with Gasteiger partial charge in [0, 0.05) is 23.9 Å². The summed E-state index contributed by atoms with van der Waals surface area (Å²) in [5, 5.41) is 14.9. The van der Waals surface area contributed by atoms with Gasteiger partial charge in [-0.15, -0.1) is 5.10 Å². The highest BCUT2D eigenvalue weighted by atomic mass is 35.5. The second kappa shape index (κ2) is 6.36. The molecule has 0 bridgehead atoms. The van der Waals surface area contributed by atoms with Gasteiger partial charge in [-0.1, -0.05) is 35.3 Å². The lowest BCUT2D eigenvalue weighted by molar-refractivity contribution is 0.102. The lowest BCUT2D eigenvalue weighted by atomic mass is 10.1. The summed E-state index contributed by atoms with van der Waals surface area (Å²) >= 11 is 11.8. The molecule has 1 amide bonds. The van der Waals surface area contributed by atoms with Crippen molar-refractivity contribution >= 4 is 34.8 Å². The smallest absolute Gasteiger partial charge is 0.255 e. The number of nitrogens with zero attached hydrogens (tertiary/aromatic N) is 4. The maximum Gasteiger partial charge on any atom is 0.255 e. The predicted octanol–water partition coefficient (Wildman–Crippen LogP) is 3.44. The number of carbonyl (C=O) groups excluding carboxylic acids is 1. The van der Waals surface area contributed by atoms with E-state index >= 15 is 0 Å². The predicted molar refractivity (Wildman–Crippen MR) is 88.6 cm³/mol. The molecule has 3 aromatic rings. The zero-order valence-electron chi connectivity index (χ0n) is 12.0. The van der Waals surface area contributed by atoms with Gasteiger partial charge in [0.15, 0.2) is 5.82 Å². The van der Waals surface area contributed by atoms with Gasteiger partial charge in [0.25, 0.3) is 5.91 Å². The molecule has 0 unspecified atom stereocenters. The first-order valence-corrected chi connectivity index (χ1v) is 7.39. The zero-order valence-corrected chi connectivity index (χ0v) is 13.5. The molecule has 0 saturated carbocycles. The average molecular weight is 348 g/mol. The molecular formula is C15H11Cl2N5O. The van der Waals surface area contributed by atoms with Crippen molar-refractivity contribution in [2.24, 2.45) is 7.05 Å². The summed E-state index contributed by atoms with van der Waals surface area (Å²) in [6, 6.07) is 11.9. The molecule has 0 radical (unpaired) electrons. The average Bonchev–Trinajstić information content (AvgIpc) is 2.97. The molecule has 8 heteroatoms.